The molecule has 1 heterocycles. The second kappa shape index (κ2) is 9.56. The highest BCUT2D eigenvalue weighted by Crippen LogP contribution is 2.19. The number of nitrogens with two attached hydrogens (primary N) is 1. The topological polar surface area (TPSA) is 131 Å². The van der Waals surface area contributed by atoms with Crippen LogP contribution in [0.3, 0.4) is 0 Å². The molecule has 146 valence electrons. The van der Waals surface area contributed by atoms with Gasteiger partial charge in [0.25, 0.3) is 0 Å². The monoisotopic (exact) mass is 376 g/mol. The molecule has 4 N–H and O–H groups in total. The highest BCUT2D eigenvalue weighted by Gasteiger charge is 2.37. The molecule has 0 spiro atoms. The molecule has 0 radical (unpaired) electrons. The van der Waals surface area contributed by atoms with Crippen molar-refractivity contribution >= 4 is 23.8 Å². The van der Waals surface area contributed by atoms with E-state index in [4.69, 9.17) is 10.5 Å². The van der Waals surface area contributed by atoms with E-state index in [1.54, 1.807) is 12.1 Å². The van der Waals surface area contributed by atoms with Crippen molar-refractivity contribution in [3.8, 4) is 0 Å². The molecule has 2 rings (SSSR count). The number of hydrogen-bond acceptors (Lipinski definition) is 5. The number of hydrogen-bond donors (Lipinski definition) is 3. The fraction of sp³-hybridized carbons (Fsp3) is 0.444. The number of carbonyl (C=O) groups is 4. The third-order valence-corrected chi connectivity index (χ3v) is 4.29. The van der Waals surface area contributed by atoms with Gasteiger partial charge in [0.05, 0.1) is 6.42 Å². The molecule has 1 aliphatic rings. The Morgan fingerprint density at radius 1 is 1.26 bits per heavy atom. The van der Waals surface area contributed by atoms with Gasteiger partial charge in [-0.25, -0.2) is 4.79 Å². The second-order valence-corrected chi connectivity index (χ2v) is 6.23. The Labute approximate surface area is 157 Å². The first-order valence-electron chi connectivity index (χ1n) is 8.70. The average molecular weight is 376 g/mol. The SMILES string of the molecule is CNC(=O)[C@@H]1CCCN1C(=O)[C@H](CC(N)=O)NC(=O)OCc1ccccc1. The maximum atomic E-state index is 12.8. The van der Waals surface area contributed by atoms with E-state index in [1.165, 1.54) is 11.9 Å². The second-order valence-electron chi connectivity index (χ2n) is 6.23. The first-order chi connectivity index (χ1) is 12.9. The number of benzene rings is 1. The van der Waals surface area contributed by atoms with Gasteiger partial charge >= 0.3 is 6.09 Å². The molecule has 0 aromatic heterocycles. The Kier molecular flexibility index (Phi) is 7.16. The minimum absolute atomic E-state index is 0.0226. The van der Waals surface area contributed by atoms with Gasteiger partial charge in [-0.1, -0.05) is 30.3 Å². The van der Waals surface area contributed by atoms with Gasteiger partial charge in [-0.05, 0) is 18.4 Å². The average Bonchev–Trinajstić information content (AvgIpc) is 3.15. The van der Waals surface area contributed by atoms with Gasteiger partial charge in [0.15, 0.2) is 0 Å². The lowest BCUT2D eigenvalue weighted by molar-refractivity contribution is -0.140. The molecule has 4 amide bonds. The normalized spacial score (nSPS) is 17.1. The zero-order valence-electron chi connectivity index (χ0n) is 15.1. The molecule has 27 heavy (non-hydrogen) atoms. The first kappa shape index (κ1) is 20.2. The smallest absolute Gasteiger partial charge is 0.408 e. The van der Waals surface area contributed by atoms with Gasteiger partial charge in [-0.3, -0.25) is 14.4 Å². The fourth-order valence-corrected chi connectivity index (χ4v) is 2.98. The van der Waals surface area contributed by atoms with Crippen LogP contribution in [0.25, 0.3) is 0 Å². The van der Waals surface area contributed by atoms with E-state index < -0.39 is 30.0 Å². The molecular formula is C18H24N4O5. The summed E-state index contributed by atoms with van der Waals surface area (Å²) in [7, 11) is 1.49. The fourth-order valence-electron chi connectivity index (χ4n) is 2.98. The summed E-state index contributed by atoms with van der Waals surface area (Å²) in [4.78, 5) is 49.5. The Morgan fingerprint density at radius 3 is 2.59 bits per heavy atom. The predicted molar refractivity (Wildman–Crippen MR) is 96.2 cm³/mol. The summed E-state index contributed by atoms with van der Waals surface area (Å²) in [6.07, 6.45) is -0.0382. The molecule has 0 aliphatic carbocycles. The van der Waals surface area contributed by atoms with Crippen LogP contribution in [0.2, 0.25) is 0 Å². The van der Waals surface area contributed by atoms with Crippen LogP contribution < -0.4 is 16.4 Å². The third kappa shape index (κ3) is 5.70. The van der Waals surface area contributed by atoms with Crippen molar-refractivity contribution in [3.63, 3.8) is 0 Å². The molecule has 1 saturated heterocycles. The summed E-state index contributed by atoms with van der Waals surface area (Å²) in [6.45, 7) is 0.391. The minimum Gasteiger partial charge on any atom is -0.445 e. The van der Waals surface area contributed by atoms with Crippen molar-refractivity contribution < 1.29 is 23.9 Å². The van der Waals surface area contributed by atoms with E-state index in [-0.39, 0.29) is 18.9 Å². The number of carbonyl (C=O) groups excluding carboxylic acids is 4. The number of amides is 4. The summed E-state index contributed by atoms with van der Waals surface area (Å²) in [5.41, 5.74) is 5.99. The van der Waals surface area contributed by atoms with Crippen molar-refractivity contribution in [3.05, 3.63) is 35.9 Å². The summed E-state index contributed by atoms with van der Waals surface area (Å²) < 4.78 is 5.10. The molecule has 1 aromatic rings. The molecule has 1 fully saturated rings. The van der Waals surface area contributed by atoms with Crippen molar-refractivity contribution in [1.29, 1.82) is 0 Å². The van der Waals surface area contributed by atoms with Crippen molar-refractivity contribution in [2.75, 3.05) is 13.6 Å². The molecule has 2 atom stereocenters. The molecule has 1 aliphatic heterocycles. The number of nitrogens with zero attached hydrogens (tertiary/aromatic N) is 1. The number of ether oxygens (including phenoxy) is 1. The van der Waals surface area contributed by atoms with Crippen LogP contribution in [0.15, 0.2) is 30.3 Å². The number of likely N-dealkylation sites (N-methyl/N-ethyl adjacent to an activating group) is 1. The molecule has 9 nitrogen and oxygen atoms in total. The molecule has 0 unspecified atom stereocenters. The Hall–Kier alpha value is -3.10. The van der Waals surface area contributed by atoms with Gasteiger partial charge in [0.1, 0.15) is 18.7 Å². The predicted octanol–water partition coefficient (Wildman–Crippen LogP) is -0.106. The largest absolute Gasteiger partial charge is 0.445 e. The zero-order valence-corrected chi connectivity index (χ0v) is 15.1. The number of nitrogens with one attached hydrogen (secondary N) is 2. The van der Waals surface area contributed by atoms with Crippen molar-refractivity contribution in [2.24, 2.45) is 5.73 Å². The highest BCUT2D eigenvalue weighted by atomic mass is 16.5. The van der Waals surface area contributed by atoms with Gasteiger partial charge in [0.2, 0.25) is 17.7 Å². The van der Waals surface area contributed by atoms with Gasteiger partial charge in [0, 0.05) is 13.6 Å². The minimum atomic E-state index is -1.18. The first-order valence-corrected chi connectivity index (χ1v) is 8.70. The Morgan fingerprint density at radius 2 is 1.96 bits per heavy atom. The van der Waals surface area contributed by atoms with Crippen molar-refractivity contribution in [2.45, 2.75) is 38.0 Å². The van der Waals surface area contributed by atoms with Crippen LogP contribution in [-0.2, 0) is 25.7 Å². The van der Waals surface area contributed by atoms with Crippen LogP contribution in [0.1, 0.15) is 24.8 Å². The van der Waals surface area contributed by atoms with E-state index >= 15 is 0 Å². The molecule has 1 aromatic carbocycles. The lowest BCUT2D eigenvalue weighted by atomic mass is 10.1. The van der Waals surface area contributed by atoms with Gasteiger partial charge in [-0.15, -0.1) is 0 Å². The standard InChI is InChI=1S/C18H24N4O5/c1-20-16(24)14-8-5-9-22(14)17(25)13(10-15(19)23)21-18(26)27-11-12-6-3-2-4-7-12/h2-4,6-7,13-14H,5,8-11H2,1H3,(H2,19,23)(H,20,24)(H,21,26)/t13-,14-/m0/s1. The number of likely N-dealkylation sites (tertiary alicyclic amines) is 1. The van der Waals surface area contributed by atoms with E-state index in [9.17, 15) is 19.2 Å². The number of alkyl carbamates (subject to hydrolysis) is 1. The quantitative estimate of drug-likeness (QED) is 0.611. The molecule has 0 saturated carbocycles. The third-order valence-electron chi connectivity index (χ3n) is 4.29. The lowest BCUT2D eigenvalue weighted by Crippen LogP contribution is -2.54. The van der Waals surface area contributed by atoms with E-state index in [2.05, 4.69) is 10.6 Å². The Balaban J connectivity index is 2.01. The van der Waals surface area contributed by atoms with Crippen LogP contribution in [0, 0.1) is 0 Å². The van der Waals surface area contributed by atoms with E-state index in [1.807, 2.05) is 18.2 Å². The molecule has 9 heteroatoms. The number of rotatable bonds is 7. The molecular weight excluding hydrogens is 352 g/mol. The highest BCUT2D eigenvalue weighted by molar-refractivity contribution is 5.94. The van der Waals surface area contributed by atoms with Crippen molar-refractivity contribution in [1.82, 2.24) is 15.5 Å². The summed E-state index contributed by atoms with van der Waals surface area (Å²) >= 11 is 0. The van der Waals surface area contributed by atoms with Gasteiger partial charge in [-0.2, -0.15) is 0 Å². The van der Waals surface area contributed by atoms with Crippen LogP contribution >= 0.6 is 0 Å². The lowest BCUT2D eigenvalue weighted by Gasteiger charge is -2.27. The summed E-state index contributed by atoms with van der Waals surface area (Å²) in [5, 5.41) is 4.90. The van der Waals surface area contributed by atoms with E-state index in [0.29, 0.717) is 19.4 Å². The maximum absolute atomic E-state index is 12.8. The molecule has 0 bridgehead atoms. The maximum Gasteiger partial charge on any atom is 0.408 e. The van der Waals surface area contributed by atoms with Crippen LogP contribution in [0.5, 0.6) is 0 Å². The van der Waals surface area contributed by atoms with Crippen LogP contribution in [0.4, 0.5) is 4.79 Å². The van der Waals surface area contributed by atoms with E-state index in [0.717, 1.165) is 5.56 Å². The van der Waals surface area contributed by atoms with Crippen LogP contribution in [-0.4, -0.2) is 54.4 Å². The zero-order chi connectivity index (χ0) is 19.8. The number of primary amides is 1. The summed E-state index contributed by atoms with van der Waals surface area (Å²) in [5.74, 6) is -1.56. The Bertz CT molecular complexity index is 694. The summed E-state index contributed by atoms with van der Waals surface area (Å²) in [6, 6.07) is 7.22. The van der Waals surface area contributed by atoms with Gasteiger partial charge < -0.3 is 26.0 Å².